The molecule has 0 aromatic carbocycles. The van der Waals surface area contributed by atoms with Gasteiger partial charge in [0, 0.05) is 44.2 Å². The Labute approximate surface area is 153 Å². The van der Waals surface area contributed by atoms with E-state index < -0.39 is 5.54 Å². The Morgan fingerprint density at radius 1 is 1.31 bits per heavy atom. The number of anilines is 1. The highest BCUT2D eigenvalue weighted by molar-refractivity contribution is 5.87. The van der Waals surface area contributed by atoms with Crippen LogP contribution >= 0.6 is 0 Å². The summed E-state index contributed by atoms with van der Waals surface area (Å²) in [7, 11) is 3.97. The molecule has 1 aliphatic carbocycles. The van der Waals surface area contributed by atoms with Crippen molar-refractivity contribution in [3.05, 3.63) is 35.8 Å². The fourth-order valence-corrected chi connectivity index (χ4v) is 3.66. The second-order valence-corrected chi connectivity index (χ2v) is 7.42. The van der Waals surface area contributed by atoms with E-state index in [1.807, 2.05) is 36.0 Å². The number of nitrogens with zero attached hydrogens (tertiary/aromatic N) is 5. The third kappa shape index (κ3) is 2.82. The number of carbonyl (C=O) groups excluding carboxylic acids is 1. The van der Waals surface area contributed by atoms with E-state index in [-0.39, 0.29) is 5.91 Å². The number of rotatable bonds is 3. The number of nitrogens with two attached hydrogens (primary N) is 1. The minimum absolute atomic E-state index is 0.0577. The molecule has 2 aliphatic rings. The number of fused-ring (bicyclic) bond motifs is 1. The molecule has 2 N–H and O–H groups in total. The van der Waals surface area contributed by atoms with Crippen LogP contribution in [0.15, 0.2) is 24.5 Å². The highest BCUT2D eigenvalue weighted by atomic mass is 16.2. The highest BCUT2D eigenvalue weighted by Gasteiger charge is 2.43. The molecule has 0 spiro atoms. The Morgan fingerprint density at radius 2 is 2.12 bits per heavy atom. The van der Waals surface area contributed by atoms with Crippen molar-refractivity contribution >= 4 is 11.7 Å². The van der Waals surface area contributed by atoms with Crippen LogP contribution in [-0.2, 0) is 17.8 Å². The zero-order valence-corrected chi connectivity index (χ0v) is 15.3. The van der Waals surface area contributed by atoms with E-state index in [9.17, 15) is 4.79 Å². The van der Waals surface area contributed by atoms with Crippen molar-refractivity contribution < 1.29 is 4.79 Å². The van der Waals surface area contributed by atoms with Crippen molar-refractivity contribution in [2.24, 2.45) is 5.73 Å². The summed E-state index contributed by atoms with van der Waals surface area (Å²) >= 11 is 0. The molecule has 1 aliphatic heterocycles. The molecule has 2 aromatic heterocycles. The van der Waals surface area contributed by atoms with E-state index in [4.69, 9.17) is 15.7 Å². The maximum Gasteiger partial charge on any atom is 0.243 e. The van der Waals surface area contributed by atoms with Crippen molar-refractivity contribution in [1.29, 1.82) is 0 Å². The normalized spacial score (nSPS) is 18.0. The minimum Gasteiger partial charge on any atom is -0.362 e. The fraction of sp³-hybridized carbons (Fsp3) is 0.474. The lowest BCUT2D eigenvalue weighted by atomic mass is 9.76. The van der Waals surface area contributed by atoms with Crippen molar-refractivity contribution in [2.75, 3.05) is 25.5 Å². The van der Waals surface area contributed by atoms with Gasteiger partial charge in [-0.15, -0.1) is 0 Å². The lowest BCUT2D eigenvalue weighted by molar-refractivity contribution is -0.141. The third-order valence-electron chi connectivity index (χ3n) is 5.35. The quantitative estimate of drug-likeness (QED) is 0.898. The van der Waals surface area contributed by atoms with E-state index in [2.05, 4.69) is 4.98 Å². The monoisotopic (exact) mass is 352 g/mol. The summed E-state index contributed by atoms with van der Waals surface area (Å²) in [6.45, 7) is 1.16. The Balaban J connectivity index is 1.70. The molecule has 0 saturated heterocycles. The molecule has 26 heavy (non-hydrogen) atoms. The number of pyridine rings is 1. The van der Waals surface area contributed by atoms with Crippen LogP contribution in [-0.4, -0.2) is 51.9 Å². The first-order valence-corrected chi connectivity index (χ1v) is 9.04. The third-order valence-corrected chi connectivity index (χ3v) is 5.35. The van der Waals surface area contributed by atoms with Gasteiger partial charge in [0.2, 0.25) is 5.91 Å². The Hall–Kier alpha value is -2.54. The molecule has 1 saturated carbocycles. The largest absolute Gasteiger partial charge is 0.362 e. The smallest absolute Gasteiger partial charge is 0.243 e. The molecule has 1 fully saturated rings. The fourth-order valence-electron chi connectivity index (χ4n) is 3.66. The summed E-state index contributed by atoms with van der Waals surface area (Å²) in [5.41, 5.74) is 8.49. The Morgan fingerprint density at radius 3 is 2.73 bits per heavy atom. The molecular weight excluding hydrogens is 328 g/mol. The van der Waals surface area contributed by atoms with E-state index in [0.29, 0.717) is 18.9 Å². The van der Waals surface area contributed by atoms with Gasteiger partial charge in [-0.25, -0.2) is 9.97 Å². The van der Waals surface area contributed by atoms with Crippen molar-refractivity contribution in [3.63, 3.8) is 0 Å². The number of amides is 1. The zero-order chi connectivity index (χ0) is 18.3. The SMILES string of the molecule is CN(C)c1nc(-c2cccnc2)nc2c1CCN(C(=O)C1(N)CCC1)C2. The summed E-state index contributed by atoms with van der Waals surface area (Å²) in [4.78, 5) is 30.4. The standard InChI is InChI=1S/C19H24N6O/c1-24(2)17-14-6-10-25(18(26)19(20)7-4-8-19)12-15(14)22-16(23-17)13-5-3-9-21-11-13/h3,5,9,11H,4,6-8,10,12,20H2,1-2H3. The molecule has 7 nitrogen and oxygen atoms in total. The molecule has 0 bridgehead atoms. The summed E-state index contributed by atoms with van der Waals surface area (Å²) in [6, 6.07) is 3.82. The van der Waals surface area contributed by atoms with E-state index in [1.165, 1.54) is 0 Å². The molecule has 0 radical (unpaired) electrons. The van der Waals surface area contributed by atoms with Gasteiger partial charge in [-0.1, -0.05) is 0 Å². The van der Waals surface area contributed by atoms with Gasteiger partial charge in [-0.2, -0.15) is 0 Å². The van der Waals surface area contributed by atoms with Gasteiger partial charge in [0.1, 0.15) is 5.82 Å². The number of hydrogen-bond acceptors (Lipinski definition) is 6. The second-order valence-electron chi connectivity index (χ2n) is 7.42. The van der Waals surface area contributed by atoms with Gasteiger partial charge >= 0.3 is 0 Å². The predicted molar refractivity (Wildman–Crippen MR) is 99.5 cm³/mol. The first-order chi connectivity index (χ1) is 12.5. The van der Waals surface area contributed by atoms with Crippen LogP contribution in [0.5, 0.6) is 0 Å². The lowest BCUT2D eigenvalue weighted by Crippen LogP contribution is -2.60. The minimum atomic E-state index is -0.666. The van der Waals surface area contributed by atoms with Gasteiger partial charge < -0.3 is 15.5 Å². The van der Waals surface area contributed by atoms with E-state index in [1.54, 1.807) is 12.4 Å². The summed E-state index contributed by atoms with van der Waals surface area (Å²) < 4.78 is 0. The van der Waals surface area contributed by atoms with Crippen molar-refractivity contribution in [2.45, 2.75) is 37.8 Å². The van der Waals surface area contributed by atoms with Crippen LogP contribution in [0.4, 0.5) is 5.82 Å². The van der Waals surface area contributed by atoms with Crippen LogP contribution in [0.2, 0.25) is 0 Å². The van der Waals surface area contributed by atoms with Crippen LogP contribution in [0.25, 0.3) is 11.4 Å². The number of hydrogen-bond donors (Lipinski definition) is 1. The maximum atomic E-state index is 12.8. The first kappa shape index (κ1) is 16.9. The lowest BCUT2D eigenvalue weighted by Gasteiger charge is -2.41. The molecule has 2 aromatic rings. The molecule has 1 amide bonds. The average Bonchev–Trinajstić information content (AvgIpc) is 2.64. The van der Waals surface area contributed by atoms with Crippen LogP contribution < -0.4 is 10.6 Å². The Bertz CT molecular complexity index is 831. The topological polar surface area (TPSA) is 88.2 Å². The molecule has 7 heteroatoms. The van der Waals surface area contributed by atoms with E-state index >= 15 is 0 Å². The van der Waals surface area contributed by atoms with Gasteiger partial charge in [-0.3, -0.25) is 9.78 Å². The average molecular weight is 352 g/mol. The van der Waals surface area contributed by atoms with Gasteiger partial charge in [0.05, 0.1) is 17.8 Å². The van der Waals surface area contributed by atoms with Crippen LogP contribution in [0, 0.1) is 0 Å². The van der Waals surface area contributed by atoms with Crippen molar-refractivity contribution in [3.8, 4) is 11.4 Å². The maximum absolute atomic E-state index is 12.8. The van der Waals surface area contributed by atoms with Gasteiger partial charge in [0.25, 0.3) is 0 Å². The molecule has 0 unspecified atom stereocenters. The van der Waals surface area contributed by atoms with Crippen LogP contribution in [0.1, 0.15) is 30.5 Å². The van der Waals surface area contributed by atoms with E-state index in [0.717, 1.165) is 48.3 Å². The van der Waals surface area contributed by atoms with Gasteiger partial charge in [0.15, 0.2) is 5.82 Å². The number of aromatic nitrogens is 3. The van der Waals surface area contributed by atoms with Gasteiger partial charge in [-0.05, 0) is 37.8 Å². The summed E-state index contributed by atoms with van der Waals surface area (Å²) in [5.74, 6) is 1.61. The number of carbonyl (C=O) groups is 1. The summed E-state index contributed by atoms with van der Waals surface area (Å²) in [6.07, 6.45) is 6.83. The first-order valence-electron chi connectivity index (χ1n) is 9.04. The Kier molecular flexibility index (Phi) is 4.11. The second kappa shape index (κ2) is 6.32. The van der Waals surface area contributed by atoms with Crippen molar-refractivity contribution in [1.82, 2.24) is 19.9 Å². The zero-order valence-electron chi connectivity index (χ0n) is 15.3. The molecule has 0 atom stereocenters. The summed E-state index contributed by atoms with van der Waals surface area (Å²) in [5, 5.41) is 0. The molecule has 4 rings (SSSR count). The van der Waals surface area contributed by atoms with Crippen LogP contribution in [0.3, 0.4) is 0 Å². The predicted octanol–water partition coefficient (Wildman–Crippen LogP) is 1.37. The molecule has 3 heterocycles. The molecular formula is C19H24N6O. The molecule has 136 valence electrons. The highest BCUT2D eigenvalue weighted by Crippen LogP contribution is 2.34.